The Morgan fingerprint density at radius 1 is 1.09 bits per heavy atom. The zero-order chi connectivity index (χ0) is 26.3. The van der Waals surface area contributed by atoms with E-state index in [4.69, 9.17) is 23.2 Å². The van der Waals surface area contributed by atoms with Crippen molar-refractivity contribution in [2.24, 2.45) is 0 Å². The third-order valence-corrected chi connectivity index (χ3v) is 6.05. The molecule has 3 aromatic rings. The van der Waals surface area contributed by atoms with Crippen LogP contribution >= 0.6 is 23.2 Å². The Balaban J connectivity index is 2.08. The lowest BCUT2D eigenvalue weighted by Gasteiger charge is -2.15. The third kappa shape index (κ3) is 5.79. The fourth-order valence-corrected chi connectivity index (χ4v) is 4.67. The van der Waals surface area contributed by atoms with Gasteiger partial charge in [0.25, 0.3) is 15.9 Å². The van der Waals surface area contributed by atoms with E-state index >= 15 is 0 Å². The van der Waals surface area contributed by atoms with Crippen LogP contribution in [-0.2, 0) is 16.2 Å². The number of amides is 1. The smallest absolute Gasteiger partial charge is 0.404 e. The summed E-state index contributed by atoms with van der Waals surface area (Å²) in [7, 11) is -5.16. The number of rotatable bonds is 5. The molecule has 1 amide bonds. The Morgan fingerprint density at radius 3 is 2.29 bits per heavy atom. The van der Waals surface area contributed by atoms with Crippen molar-refractivity contribution in [3.8, 4) is 11.4 Å². The highest BCUT2D eigenvalue weighted by atomic mass is 35.5. The topological polar surface area (TPSA) is 103 Å². The van der Waals surface area contributed by atoms with Gasteiger partial charge >= 0.3 is 12.5 Å². The number of hydrogen-bond donors (Lipinski definition) is 1. The standard InChI is InChI=1S/C18H10Cl2F6N4O4S/c1-8-6-9(19)7-10(20)14(8)30-15(17(21,22)23)13(27-29-30)16(31)28-35(32,33)12-5-3-2-4-11(12)34-18(24,25)26/h2-7H,1H3,(H,28,31). The van der Waals surface area contributed by atoms with Crippen LogP contribution in [0.4, 0.5) is 26.3 Å². The number of aryl methyl sites for hydroxylation is 1. The molecule has 188 valence electrons. The molecule has 0 aliphatic heterocycles. The van der Waals surface area contributed by atoms with Gasteiger partial charge in [-0.2, -0.15) is 13.2 Å². The average molecular weight is 563 g/mol. The summed E-state index contributed by atoms with van der Waals surface area (Å²) in [5, 5.41) is 6.22. The first-order valence-electron chi connectivity index (χ1n) is 8.92. The van der Waals surface area contributed by atoms with Crippen LogP contribution in [-0.4, -0.2) is 35.7 Å². The second-order valence-electron chi connectivity index (χ2n) is 6.68. The van der Waals surface area contributed by atoms with Gasteiger partial charge in [0, 0.05) is 5.02 Å². The van der Waals surface area contributed by atoms with E-state index in [2.05, 4.69) is 15.0 Å². The average Bonchev–Trinajstić information content (AvgIpc) is 3.11. The van der Waals surface area contributed by atoms with Crippen LogP contribution in [0.25, 0.3) is 5.69 Å². The van der Waals surface area contributed by atoms with E-state index in [9.17, 15) is 39.6 Å². The second-order valence-corrected chi connectivity index (χ2v) is 9.17. The molecule has 17 heteroatoms. The Hall–Kier alpha value is -3.04. The van der Waals surface area contributed by atoms with E-state index < -0.39 is 50.5 Å². The molecule has 2 aromatic carbocycles. The number of halogens is 8. The van der Waals surface area contributed by atoms with Gasteiger partial charge in [-0.05, 0) is 36.8 Å². The third-order valence-electron chi connectivity index (χ3n) is 4.18. The van der Waals surface area contributed by atoms with Crippen LogP contribution in [0.5, 0.6) is 5.75 Å². The van der Waals surface area contributed by atoms with Gasteiger partial charge in [0.05, 0.1) is 10.7 Å². The summed E-state index contributed by atoms with van der Waals surface area (Å²) >= 11 is 11.8. The number of hydrogen-bond acceptors (Lipinski definition) is 6. The summed E-state index contributed by atoms with van der Waals surface area (Å²) in [6.45, 7) is 1.34. The Morgan fingerprint density at radius 2 is 1.71 bits per heavy atom. The molecule has 0 bridgehead atoms. The quantitative estimate of drug-likeness (QED) is 0.443. The molecular formula is C18H10Cl2F6N4O4S. The highest BCUT2D eigenvalue weighted by Gasteiger charge is 2.43. The summed E-state index contributed by atoms with van der Waals surface area (Å²) in [6.07, 6.45) is -10.6. The minimum atomic E-state index is -5.30. The van der Waals surface area contributed by atoms with Gasteiger partial charge in [0.1, 0.15) is 10.6 Å². The molecule has 35 heavy (non-hydrogen) atoms. The molecule has 0 radical (unpaired) electrons. The number of benzene rings is 2. The van der Waals surface area contributed by atoms with Crippen LogP contribution < -0.4 is 9.46 Å². The van der Waals surface area contributed by atoms with Crippen molar-refractivity contribution >= 4 is 39.1 Å². The first kappa shape index (κ1) is 26.6. The maximum atomic E-state index is 13.9. The lowest BCUT2D eigenvalue weighted by atomic mass is 10.2. The molecule has 0 aliphatic rings. The molecule has 8 nitrogen and oxygen atoms in total. The summed E-state index contributed by atoms with van der Waals surface area (Å²) in [5.41, 5.74) is -3.52. The molecule has 1 heterocycles. The number of aromatic nitrogens is 3. The van der Waals surface area contributed by atoms with Gasteiger partial charge < -0.3 is 4.74 Å². The van der Waals surface area contributed by atoms with Gasteiger partial charge in [-0.15, -0.1) is 18.3 Å². The molecule has 0 saturated heterocycles. The lowest BCUT2D eigenvalue weighted by Crippen LogP contribution is -2.33. The van der Waals surface area contributed by atoms with Gasteiger partial charge in [-0.25, -0.2) is 17.8 Å². The molecule has 0 aliphatic carbocycles. The fourth-order valence-electron chi connectivity index (χ4n) is 2.92. The van der Waals surface area contributed by atoms with E-state index in [0.29, 0.717) is 12.1 Å². The van der Waals surface area contributed by atoms with Crippen LogP contribution in [0, 0.1) is 6.92 Å². The number of sulfonamides is 1. The largest absolute Gasteiger partial charge is 0.573 e. The SMILES string of the molecule is Cc1cc(Cl)cc(Cl)c1-n1nnc(C(=O)NS(=O)(=O)c2ccccc2OC(F)(F)F)c1C(F)(F)F. The van der Waals surface area contributed by atoms with Crippen LogP contribution in [0.15, 0.2) is 41.3 Å². The number of para-hydroxylation sites is 1. The predicted octanol–water partition coefficient (Wildman–Crippen LogP) is 4.92. The van der Waals surface area contributed by atoms with Crippen molar-refractivity contribution in [1.29, 1.82) is 0 Å². The van der Waals surface area contributed by atoms with Crippen molar-refractivity contribution in [1.82, 2.24) is 19.7 Å². The Kier molecular flexibility index (Phi) is 6.98. The maximum absolute atomic E-state index is 13.9. The predicted molar refractivity (Wildman–Crippen MR) is 109 cm³/mol. The molecule has 0 fully saturated rings. The molecule has 0 unspecified atom stereocenters. The van der Waals surface area contributed by atoms with Crippen molar-refractivity contribution in [2.45, 2.75) is 24.4 Å². The number of carbonyl (C=O) groups is 1. The first-order chi connectivity index (χ1) is 16.0. The Bertz CT molecular complexity index is 1380. The van der Waals surface area contributed by atoms with Gasteiger partial charge in [0.2, 0.25) is 0 Å². The van der Waals surface area contributed by atoms with E-state index in [1.807, 2.05) is 0 Å². The number of ether oxygens (including phenoxy) is 1. The minimum absolute atomic E-state index is 0.0914. The van der Waals surface area contributed by atoms with E-state index in [1.54, 1.807) is 0 Å². The zero-order valence-electron chi connectivity index (χ0n) is 16.9. The fraction of sp³-hybridized carbons (Fsp3) is 0.167. The van der Waals surface area contributed by atoms with Crippen molar-refractivity contribution in [2.75, 3.05) is 0 Å². The first-order valence-corrected chi connectivity index (χ1v) is 11.2. The molecule has 0 saturated carbocycles. The van der Waals surface area contributed by atoms with E-state index in [0.717, 1.165) is 18.2 Å². The summed E-state index contributed by atoms with van der Waals surface area (Å²) < 4.78 is 110. The maximum Gasteiger partial charge on any atom is 0.573 e. The van der Waals surface area contributed by atoms with Crippen molar-refractivity contribution in [3.63, 3.8) is 0 Å². The molecular weight excluding hydrogens is 553 g/mol. The van der Waals surface area contributed by atoms with E-state index in [-0.39, 0.29) is 26.0 Å². The lowest BCUT2D eigenvalue weighted by molar-refractivity contribution is -0.275. The van der Waals surface area contributed by atoms with E-state index in [1.165, 1.54) is 17.7 Å². The number of nitrogens with one attached hydrogen (secondary N) is 1. The molecule has 0 atom stereocenters. The molecule has 3 rings (SSSR count). The normalized spacial score (nSPS) is 12.5. The number of alkyl halides is 6. The van der Waals surface area contributed by atoms with Crippen molar-refractivity contribution in [3.05, 3.63) is 63.4 Å². The van der Waals surface area contributed by atoms with Crippen LogP contribution in [0.1, 0.15) is 21.7 Å². The summed E-state index contributed by atoms with van der Waals surface area (Å²) in [5.74, 6) is -3.14. The highest BCUT2D eigenvalue weighted by molar-refractivity contribution is 7.90. The zero-order valence-corrected chi connectivity index (χ0v) is 19.2. The van der Waals surface area contributed by atoms with Gasteiger partial charge in [-0.3, -0.25) is 4.79 Å². The van der Waals surface area contributed by atoms with Crippen molar-refractivity contribution < 1.29 is 44.3 Å². The Labute approximate surface area is 202 Å². The van der Waals surface area contributed by atoms with Crippen LogP contribution in [0.3, 0.4) is 0 Å². The molecule has 1 N–H and O–H groups in total. The molecule has 1 aromatic heterocycles. The summed E-state index contributed by atoms with van der Waals surface area (Å²) in [4.78, 5) is 11.4. The number of nitrogens with zero attached hydrogens (tertiary/aromatic N) is 3. The second kappa shape index (κ2) is 9.20. The monoisotopic (exact) mass is 562 g/mol. The van der Waals surface area contributed by atoms with Gasteiger partial charge in [0.15, 0.2) is 11.4 Å². The van der Waals surface area contributed by atoms with Crippen LogP contribution in [0.2, 0.25) is 10.0 Å². The molecule has 0 spiro atoms. The highest BCUT2D eigenvalue weighted by Crippen LogP contribution is 2.36. The summed E-state index contributed by atoms with van der Waals surface area (Å²) in [6, 6.07) is 5.66. The number of carbonyl (C=O) groups excluding carboxylic acids is 1. The van der Waals surface area contributed by atoms with Gasteiger partial charge in [-0.1, -0.05) is 40.5 Å². The minimum Gasteiger partial charge on any atom is -0.404 e.